The Bertz CT molecular complexity index is 257. The standard InChI is InChI=1S/C8H14N2O4S/c1-5(11)10-6(8(13)14)4-15-3-2-7(9)12/h6H,2-4H2,1H3,(H2,9,12)(H,10,11)(H,13,14)/t6-/m0/s1/i2+1,3+1,7+1. The summed E-state index contributed by atoms with van der Waals surface area (Å²) in [5, 5.41) is 11.0. The zero-order valence-corrected chi connectivity index (χ0v) is 9.17. The van der Waals surface area contributed by atoms with Crippen LogP contribution in [-0.2, 0) is 14.4 Å². The van der Waals surface area contributed by atoms with Crippen molar-refractivity contribution in [3.05, 3.63) is 0 Å². The lowest BCUT2D eigenvalue weighted by Crippen LogP contribution is -2.41. The van der Waals surface area contributed by atoms with E-state index in [0.717, 1.165) is 0 Å². The molecule has 0 unspecified atom stereocenters. The number of thioether (sulfide) groups is 1. The Morgan fingerprint density at radius 3 is 2.47 bits per heavy atom. The molecule has 0 rings (SSSR count). The number of aliphatic carboxylic acids is 1. The molecule has 0 fully saturated rings. The highest BCUT2D eigenvalue weighted by Crippen LogP contribution is 2.05. The second-order valence-electron chi connectivity index (χ2n) is 2.88. The third-order valence-electron chi connectivity index (χ3n) is 1.45. The second-order valence-corrected chi connectivity index (χ2v) is 4.03. The maximum Gasteiger partial charge on any atom is 0.327 e. The number of carboxylic acid groups (broad SMARTS) is 1. The summed E-state index contributed by atoms with van der Waals surface area (Å²) in [4.78, 5) is 31.7. The molecule has 0 radical (unpaired) electrons. The van der Waals surface area contributed by atoms with Crippen LogP contribution < -0.4 is 11.1 Å². The molecule has 4 N–H and O–H groups in total. The highest BCUT2D eigenvalue weighted by atomic mass is 32.2. The monoisotopic (exact) mass is 237 g/mol. The van der Waals surface area contributed by atoms with E-state index >= 15 is 0 Å². The number of primary amides is 1. The topological polar surface area (TPSA) is 109 Å². The smallest absolute Gasteiger partial charge is 0.327 e. The minimum absolute atomic E-state index is 0.205. The second kappa shape index (κ2) is 7.10. The molecule has 7 heteroatoms. The molecule has 2 amide bonds. The molecule has 0 aliphatic heterocycles. The minimum atomic E-state index is -1.09. The van der Waals surface area contributed by atoms with E-state index in [1.54, 1.807) is 0 Å². The van der Waals surface area contributed by atoms with Crippen molar-refractivity contribution in [2.45, 2.75) is 19.4 Å². The van der Waals surface area contributed by atoms with Gasteiger partial charge in [-0.3, -0.25) is 9.59 Å². The molecule has 0 bridgehead atoms. The van der Waals surface area contributed by atoms with Crippen LogP contribution in [-0.4, -0.2) is 40.4 Å². The van der Waals surface area contributed by atoms with Crippen molar-refractivity contribution >= 4 is 29.5 Å². The minimum Gasteiger partial charge on any atom is -0.480 e. The lowest BCUT2D eigenvalue weighted by atomic mass is 10.3. The number of rotatable bonds is 7. The molecule has 0 spiro atoms. The summed E-state index contributed by atoms with van der Waals surface area (Å²) in [5.41, 5.74) is 4.91. The van der Waals surface area contributed by atoms with Crippen LogP contribution in [0, 0.1) is 0 Å². The Balaban J connectivity index is 3.81. The van der Waals surface area contributed by atoms with Crippen LogP contribution in [0.4, 0.5) is 0 Å². The summed E-state index contributed by atoms with van der Waals surface area (Å²) >= 11 is 1.26. The van der Waals surface area contributed by atoms with Gasteiger partial charge in [0.25, 0.3) is 0 Å². The van der Waals surface area contributed by atoms with Crippen molar-refractivity contribution in [2.24, 2.45) is 5.73 Å². The van der Waals surface area contributed by atoms with Gasteiger partial charge in [-0.25, -0.2) is 4.79 Å². The van der Waals surface area contributed by atoms with E-state index in [9.17, 15) is 14.4 Å². The fourth-order valence-electron chi connectivity index (χ4n) is 0.794. The number of hydrogen-bond donors (Lipinski definition) is 3. The van der Waals surface area contributed by atoms with Gasteiger partial charge in [0.15, 0.2) is 0 Å². The van der Waals surface area contributed by atoms with Crippen LogP contribution in [0.2, 0.25) is 0 Å². The zero-order valence-electron chi connectivity index (χ0n) is 8.36. The molecular weight excluding hydrogens is 223 g/mol. The van der Waals surface area contributed by atoms with Gasteiger partial charge in [0.2, 0.25) is 11.8 Å². The molecule has 0 aliphatic carbocycles. The molecule has 0 saturated heterocycles. The fraction of sp³-hybridized carbons (Fsp3) is 0.625. The molecule has 0 aromatic rings. The van der Waals surface area contributed by atoms with Crippen LogP contribution in [0.5, 0.6) is 0 Å². The molecule has 0 aromatic carbocycles. The molecular formula is C8H14N2O4S. The molecule has 1 atom stereocenters. The summed E-state index contributed by atoms with van der Waals surface area (Å²) in [5.74, 6) is -1.22. The Morgan fingerprint density at radius 2 is 2.07 bits per heavy atom. The molecule has 0 aromatic heterocycles. The summed E-state index contributed by atoms with van der Waals surface area (Å²) in [7, 11) is 0. The van der Waals surface area contributed by atoms with Gasteiger partial charge < -0.3 is 16.2 Å². The van der Waals surface area contributed by atoms with Crippen LogP contribution >= 0.6 is 11.8 Å². The van der Waals surface area contributed by atoms with E-state index in [1.807, 2.05) is 0 Å². The van der Waals surface area contributed by atoms with Crippen molar-refractivity contribution in [1.82, 2.24) is 5.32 Å². The van der Waals surface area contributed by atoms with Crippen LogP contribution in [0.1, 0.15) is 13.3 Å². The van der Waals surface area contributed by atoms with Gasteiger partial charge in [0.1, 0.15) is 6.04 Å². The maximum atomic E-state index is 10.6. The van der Waals surface area contributed by atoms with Crippen LogP contribution in [0.3, 0.4) is 0 Å². The maximum absolute atomic E-state index is 10.6. The van der Waals surface area contributed by atoms with Gasteiger partial charge in [-0.1, -0.05) is 0 Å². The van der Waals surface area contributed by atoms with E-state index in [0.29, 0.717) is 5.75 Å². The van der Waals surface area contributed by atoms with E-state index < -0.39 is 23.8 Å². The third kappa shape index (κ3) is 7.80. The number of carbonyl (C=O) groups excluding carboxylic acids is 2. The lowest BCUT2D eigenvalue weighted by Gasteiger charge is -2.12. The molecule has 0 heterocycles. The highest BCUT2D eigenvalue weighted by molar-refractivity contribution is 7.99. The quantitative estimate of drug-likeness (QED) is 0.396. The predicted molar refractivity (Wildman–Crippen MR) is 56.4 cm³/mol. The number of amides is 2. The first kappa shape index (κ1) is 13.8. The van der Waals surface area contributed by atoms with Crippen molar-refractivity contribution in [3.8, 4) is 0 Å². The molecule has 6 nitrogen and oxygen atoms in total. The van der Waals surface area contributed by atoms with E-state index in [-0.39, 0.29) is 12.2 Å². The first-order chi connectivity index (χ1) is 6.93. The third-order valence-corrected chi connectivity index (χ3v) is 2.51. The molecule has 0 saturated carbocycles. The molecule has 86 valence electrons. The summed E-state index contributed by atoms with van der Waals surface area (Å²) in [6, 6.07) is -0.916. The van der Waals surface area contributed by atoms with E-state index in [1.165, 1.54) is 18.7 Å². The van der Waals surface area contributed by atoms with E-state index in [4.69, 9.17) is 10.8 Å². The van der Waals surface area contributed by atoms with Gasteiger partial charge in [-0.2, -0.15) is 11.8 Å². The first-order valence-corrected chi connectivity index (χ1v) is 5.45. The van der Waals surface area contributed by atoms with Crippen molar-refractivity contribution in [3.63, 3.8) is 0 Å². The van der Waals surface area contributed by atoms with Gasteiger partial charge in [-0.05, 0) is 0 Å². The van der Waals surface area contributed by atoms with Gasteiger partial charge >= 0.3 is 5.97 Å². The van der Waals surface area contributed by atoms with Crippen LogP contribution in [0.15, 0.2) is 0 Å². The Morgan fingerprint density at radius 1 is 1.47 bits per heavy atom. The largest absolute Gasteiger partial charge is 0.480 e. The van der Waals surface area contributed by atoms with Gasteiger partial charge in [0, 0.05) is 24.9 Å². The van der Waals surface area contributed by atoms with Crippen molar-refractivity contribution in [2.75, 3.05) is 11.5 Å². The number of nitrogens with two attached hydrogens (primary N) is 1. The summed E-state index contributed by atoms with van der Waals surface area (Å²) < 4.78 is 0. The summed E-state index contributed by atoms with van der Waals surface area (Å²) in [6.45, 7) is 1.25. The van der Waals surface area contributed by atoms with Gasteiger partial charge in [-0.15, -0.1) is 0 Å². The lowest BCUT2D eigenvalue weighted by molar-refractivity contribution is -0.140. The van der Waals surface area contributed by atoms with Gasteiger partial charge in [0.05, 0.1) is 0 Å². The average molecular weight is 237 g/mol. The number of carboxylic acids is 1. The molecule has 15 heavy (non-hydrogen) atoms. The first-order valence-electron chi connectivity index (χ1n) is 4.29. The summed E-state index contributed by atoms with van der Waals surface area (Å²) in [6.07, 6.45) is 0.205. The highest BCUT2D eigenvalue weighted by Gasteiger charge is 2.17. The van der Waals surface area contributed by atoms with Crippen molar-refractivity contribution < 1.29 is 19.5 Å². The van der Waals surface area contributed by atoms with Crippen molar-refractivity contribution in [1.29, 1.82) is 0 Å². The fourth-order valence-corrected chi connectivity index (χ4v) is 1.77. The predicted octanol–water partition coefficient (Wildman–Crippen LogP) is -0.816. The number of carbonyl (C=O) groups is 3. The van der Waals surface area contributed by atoms with Crippen LogP contribution in [0.25, 0.3) is 0 Å². The Labute approximate surface area is 91.6 Å². The Hall–Kier alpha value is -1.24. The molecule has 0 aliphatic rings. The van der Waals surface area contributed by atoms with E-state index in [2.05, 4.69) is 5.32 Å². The number of nitrogens with one attached hydrogen (secondary N) is 1. The normalized spacial score (nSPS) is 11.8. The average Bonchev–Trinajstić information content (AvgIpc) is 2.08. The SMILES string of the molecule is CC(=O)N[C@@H](CS[13CH2][13CH2][13C](N)=O)C(=O)O. The zero-order chi connectivity index (χ0) is 11.8. The number of hydrogen-bond acceptors (Lipinski definition) is 4. The Kier molecular flexibility index (Phi) is 6.52.